The van der Waals surface area contributed by atoms with Gasteiger partial charge in [0.25, 0.3) is 0 Å². The van der Waals surface area contributed by atoms with Crippen molar-refractivity contribution >= 4 is 10.0 Å². The molecule has 1 saturated carbocycles. The highest BCUT2D eigenvalue weighted by atomic mass is 32.2. The maximum Gasteiger partial charge on any atom is 0.240 e. The SMILES string of the molecule is CCC1(CNS(=O)(=O)c2ccc(C)c(CO)c2)CCC1. The van der Waals surface area contributed by atoms with Gasteiger partial charge in [-0.25, -0.2) is 13.1 Å². The minimum absolute atomic E-state index is 0.145. The Hall–Kier alpha value is -0.910. The summed E-state index contributed by atoms with van der Waals surface area (Å²) in [7, 11) is -3.49. The highest BCUT2D eigenvalue weighted by Crippen LogP contribution is 2.43. The molecule has 2 rings (SSSR count). The summed E-state index contributed by atoms with van der Waals surface area (Å²) in [6.45, 7) is 4.33. The Labute approximate surface area is 121 Å². The molecule has 0 aliphatic heterocycles. The quantitative estimate of drug-likeness (QED) is 0.847. The van der Waals surface area contributed by atoms with Crippen molar-refractivity contribution in [3.8, 4) is 0 Å². The molecule has 20 heavy (non-hydrogen) atoms. The molecule has 1 aromatic carbocycles. The first-order chi connectivity index (χ1) is 9.42. The van der Waals surface area contributed by atoms with Crippen LogP contribution in [0, 0.1) is 12.3 Å². The van der Waals surface area contributed by atoms with Crippen LogP contribution in [0.5, 0.6) is 0 Å². The van der Waals surface area contributed by atoms with Crippen molar-refractivity contribution in [2.24, 2.45) is 5.41 Å². The van der Waals surface area contributed by atoms with Crippen molar-refractivity contribution in [1.29, 1.82) is 0 Å². The molecule has 0 aromatic heterocycles. The van der Waals surface area contributed by atoms with Gasteiger partial charge >= 0.3 is 0 Å². The number of benzene rings is 1. The number of aryl methyl sites for hydroxylation is 1. The number of nitrogens with one attached hydrogen (secondary N) is 1. The molecule has 0 saturated heterocycles. The predicted molar refractivity (Wildman–Crippen MR) is 78.9 cm³/mol. The smallest absolute Gasteiger partial charge is 0.240 e. The zero-order valence-corrected chi connectivity index (χ0v) is 13.0. The summed E-state index contributed by atoms with van der Waals surface area (Å²) in [4.78, 5) is 0.234. The monoisotopic (exact) mass is 297 g/mol. The van der Waals surface area contributed by atoms with Crippen LogP contribution < -0.4 is 4.72 Å². The molecule has 5 heteroatoms. The number of hydrogen-bond donors (Lipinski definition) is 2. The van der Waals surface area contributed by atoms with Gasteiger partial charge < -0.3 is 5.11 Å². The molecule has 0 heterocycles. The number of aliphatic hydroxyl groups is 1. The van der Waals surface area contributed by atoms with E-state index in [0.717, 1.165) is 24.8 Å². The molecular weight excluding hydrogens is 274 g/mol. The van der Waals surface area contributed by atoms with Crippen molar-refractivity contribution in [3.63, 3.8) is 0 Å². The molecular formula is C15H23NO3S. The van der Waals surface area contributed by atoms with Gasteiger partial charge in [-0.05, 0) is 54.9 Å². The van der Waals surface area contributed by atoms with Gasteiger partial charge in [0.1, 0.15) is 0 Å². The van der Waals surface area contributed by atoms with Gasteiger partial charge in [0.05, 0.1) is 11.5 Å². The largest absolute Gasteiger partial charge is 0.392 e. The second-order valence-electron chi connectivity index (χ2n) is 5.78. The van der Waals surface area contributed by atoms with Gasteiger partial charge in [0, 0.05) is 6.54 Å². The van der Waals surface area contributed by atoms with Gasteiger partial charge in [-0.3, -0.25) is 0 Å². The van der Waals surface area contributed by atoms with Gasteiger partial charge in [0.15, 0.2) is 0 Å². The Morgan fingerprint density at radius 1 is 1.35 bits per heavy atom. The van der Waals surface area contributed by atoms with E-state index in [2.05, 4.69) is 11.6 Å². The minimum atomic E-state index is -3.49. The zero-order chi connectivity index (χ0) is 14.8. The van der Waals surface area contributed by atoms with Crippen LogP contribution in [0.3, 0.4) is 0 Å². The first-order valence-electron chi connectivity index (χ1n) is 7.12. The first kappa shape index (κ1) is 15.5. The first-order valence-corrected chi connectivity index (χ1v) is 8.61. The molecule has 0 unspecified atom stereocenters. The lowest BCUT2D eigenvalue weighted by Gasteiger charge is -2.41. The highest BCUT2D eigenvalue weighted by molar-refractivity contribution is 7.89. The topological polar surface area (TPSA) is 66.4 Å². The van der Waals surface area contributed by atoms with Crippen molar-refractivity contribution in [1.82, 2.24) is 4.72 Å². The fourth-order valence-electron chi connectivity index (χ4n) is 2.65. The van der Waals surface area contributed by atoms with Gasteiger partial charge in [0.2, 0.25) is 10.0 Å². The van der Waals surface area contributed by atoms with E-state index in [-0.39, 0.29) is 16.9 Å². The Morgan fingerprint density at radius 3 is 2.55 bits per heavy atom. The van der Waals surface area contributed by atoms with Crippen molar-refractivity contribution in [2.75, 3.05) is 6.54 Å². The van der Waals surface area contributed by atoms with Crippen LogP contribution in [0.1, 0.15) is 43.7 Å². The lowest BCUT2D eigenvalue weighted by molar-refractivity contribution is 0.133. The summed E-state index contributed by atoms with van der Waals surface area (Å²) >= 11 is 0. The molecule has 1 aliphatic carbocycles. The fraction of sp³-hybridized carbons (Fsp3) is 0.600. The van der Waals surface area contributed by atoms with Crippen LogP contribution in [0.2, 0.25) is 0 Å². The Bertz CT molecular complexity index is 571. The predicted octanol–water partition coefficient (Wildman–Crippen LogP) is 2.35. The number of sulfonamides is 1. The molecule has 1 aliphatic rings. The third-order valence-corrected chi connectivity index (χ3v) is 6.00. The van der Waals surface area contributed by atoms with E-state index in [1.165, 1.54) is 6.42 Å². The number of rotatable bonds is 6. The number of aliphatic hydroxyl groups excluding tert-OH is 1. The third-order valence-electron chi connectivity index (χ3n) is 4.60. The molecule has 2 N–H and O–H groups in total. The molecule has 0 bridgehead atoms. The fourth-order valence-corrected chi connectivity index (χ4v) is 3.86. The van der Waals surface area contributed by atoms with E-state index in [9.17, 15) is 13.5 Å². The normalized spacial score (nSPS) is 17.8. The lowest BCUT2D eigenvalue weighted by atomic mass is 9.67. The highest BCUT2D eigenvalue weighted by Gasteiger charge is 2.36. The average molecular weight is 297 g/mol. The van der Waals surface area contributed by atoms with E-state index >= 15 is 0 Å². The van der Waals surface area contributed by atoms with Crippen LogP contribution in [0.4, 0.5) is 0 Å². The van der Waals surface area contributed by atoms with E-state index < -0.39 is 10.0 Å². The standard InChI is InChI=1S/C15H23NO3S/c1-3-15(7-4-8-15)11-16-20(18,19)14-6-5-12(2)13(9-14)10-17/h5-6,9,16-17H,3-4,7-8,10-11H2,1-2H3. The van der Waals surface area contributed by atoms with Crippen molar-refractivity contribution in [2.45, 2.75) is 51.0 Å². The summed E-state index contributed by atoms with van der Waals surface area (Å²) in [5.74, 6) is 0. The maximum absolute atomic E-state index is 12.3. The molecule has 0 amide bonds. The van der Waals surface area contributed by atoms with E-state index in [0.29, 0.717) is 12.1 Å². The summed E-state index contributed by atoms with van der Waals surface area (Å²) < 4.78 is 27.4. The summed E-state index contributed by atoms with van der Waals surface area (Å²) in [5.41, 5.74) is 1.70. The van der Waals surface area contributed by atoms with E-state index in [1.54, 1.807) is 18.2 Å². The van der Waals surface area contributed by atoms with Crippen LogP contribution in [0.15, 0.2) is 23.1 Å². The maximum atomic E-state index is 12.3. The molecule has 1 fully saturated rings. The van der Waals surface area contributed by atoms with Crippen molar-refractivity contribution in [3.05, 3.63) is 29.3 Å². The third kappa shape index (κ3) is 3.05. The van der Waals surface area contributed by atoms with Crippen LogP contribution >= 0.6 is 0 Å². The molecule has 0 radical (unpaired) electrons. The average Bonchev–Trinajstić information content (AvgIpc) is 2.38. The Kier molecular flexibility index (Phi) is 4.52. The van der Waals surface area contributed by atoms with Crippen LogP contribution in [0.25, 0.3) is 0 Å². The van der Waals surface area contributed by atoms with Gasteiger partial charge in [-0.15, -0.1) is 0 Å². The van der Waals surface area contributed by atoms with Crippen LogP contribution in [-0.2, 0) is 16.6 Å². The lowest BCUT2D eigenvalue weighted by Crippen LogP contribution is -2.41. The van der Waals surface area contributed by atoms with Crippen LogP contribution in [-0.4, -0.2) is 20.1 Å². The molecule has 112 valence electrons. The van der Waals surface area contributed by atoms with Gasteiger partial charge in [-0.2, -0.15) is 0 Å². The summed E-state index contributed by atoms with van der Waals surface area (Å²) in [5, 5.41) is 9.24. The van der Waals surface area contributed by atoms with E-state index in [1.807, 2.05) is 6.92 Å². The second-order valence-corrected chi connectivity index (χ2v) is 7.55. The summed E-state index contributed by atoms with van der Waals surface area (Å²) in [6.07, 6.45) is 4.39. The molecule has 1 aromatic rings. The van der Waals surface area contributed by atoms with E-state index in [4.69, 9.17) is 0 Å². The summed E-state index contributed by atoms with van der Waals surface area (Å²) in [6, 6.07) is 4.88. The zero-order valence-electron chi connectivity index (χ0n) is 12.1. The minimum Gasteiger partial charge on any atom is -0.392 e. The van der Waals surface area contributed by atoms with Gasteiger partial charge in [-0.1, -0.05) is 19.4 Å². The Morgan fingerprint density at radius 2 is 2.05 bits per heavy atom. The Balaban J connectivity index is 2.14. The second kappa shape index (κ2) is 5.84. The molecule has 0 spiro atoms. The molecule has 4 nitrogen and oxygen atoms in total. The number of hydrogen-bond acceptors (Lipinski definition) is 3. The molecule has 0 atom stereocenters. The van der Waals surface area contributed by atoms with Crippen molar-refractivity contribution < 1.29 is 13.5 Å².